The molecule has 5 nitrogen and oxygen atoms in total. The Morgan fingerprint density at radius 2 is 2.19 bits per heavy atom. The Morgan fingerprint density at radius 1 is 1.48 bits per heavy atom. The lowest BCUT2D eigenvalue weighted by Crippen LogP contribution is -2.47. The van der Waals surface area contributed by atoms with Crippen LogP contribution in [0, 0.1) is 17.7 Å². The Labute approximate surface area is 123 Å². The van der Waals surface area contributed by atoms with Gasteiger partial charge in [0.25, 0.3) is 0 Å². The highest BCUT2D eigenvalue weighted by molar-refractivity contribution is 7.89. The summed E-state index contributed by atoms with van der Waals surface area (Å²) in [5.41, 5.74) is 5.38. The Hall–Kier alpha value is -1.46. The lowest BCUT2D eigenvalue weighted by molar-refractivity contribution is 0.0236. The van der Waals surface area contributed by atoms with Crippen molar-refractivity contribution in [2.45, 2.75) is 29.9 Å². The van der Waals surface area contributed by atoms with Crippen molar-refractivity contribution < 1.29 is 17.5 Å². The molecule has 0 amide bonds. The highest BCUT2D eigenvalue weighted by Gasteiger charge is 2.33. The molecule has 114 valence electrons. The minimum atomic E-state index is -3.75. The first-order valence-corrected chi connectivity index (χ1v) is 7.98. The fourth-order valence-electron chi connectivity index (χ4n) is 2.12. The van der Waals surface area contributed by atoms with Gasteiger partial charge in [-0.3, -0.25) is 0 Å². The third kappa shape index (κ3) is 3.80. The summed E-state index contributed by atoms with van der Waals surface area (Å²) in [5.74, 6) is 4.59. The molecule has 1 aromatic rings. The lowest BCUT2D eigenvalue weighted by Gasteiger charge is -2.34. The number of methoxy groups -OCH3 is 1. The van der Waals surface area contributed by atoms with Gasteiger partial charge in [0.2, 0.25) is 10.0 Å². The van der Waals surface area contributed by atoms with Gasteiger partial charge in [-0.25, -0.2) is 17.5 Å². The number of halogens is 1. The predicted molar refractivity (Wildman–Crippen MR) is 76.5 cm³/mol. The maximum atomic E-state index is 13.3. The number of benzene rings is 1. The van der Waals surface area contributed by atoms with Gasteiger partial charge in [0, 0.05) is 18.7 Å². The molecular weight excluding hydrogens is 295 g/mol. The van der Waals surface area contributed by atoms with E-state index in [1.165, 1.54) is 6.07 Å². The van der Waals surface area contributed by atoms with Crippen LogP contribution in [0.15, 0.2) is 23.1 Å². The smallest absolute Gasteiger partial charge is 0.242 e. The SMILES string of the molecule is COC1CC(NS(=O)(=O)c2ccc(F)cc2C#CCN)C1. The van der Waals surface area contributed by atoms with Gasteiger partial charge in [-0.05, 0) is 31.0 Å². The Balaban J connectivity index is 2.23. The fourth-order valence-corrected chi connectivity index (χ4v) is 3.52. The van der Waals surface area contributed by atoms with Crippen LogP contribution < -0.4 is 10.5 Å². The first kappa shape index (κ1) is 15.9. The second-order valence-corrected chi connectivity index (χ2v) is 6.48. The maximum Gasteiger partial charge on any atom is 0.242 e. The molecule has 0 aromatic heterocycles. The van der Waals surface area contributed by atoms with E-state index in [4.69, 9.17) is 10.5 Å². The molecule has 0 unspecified atom stereocenters. The van der Waals surface area contributed by atoms with E-state index >= 15 is 0 Å². The zero-order valence-electron chi connectivity index (χ0n) is 11.6. The van der Waals surface area contributed by atoms with Gasteiger partial charge in [-0.2, -0.15) is 0 Å². The van der Waals surface area contributed by atoms with Crippen LogP contribution in [0.3, 0.4) is 0 Å². The van der Waals surface area contributed by atoms with E-state index in [9.17, 15) is 12.8 Å². The van der Waals surface area contributed by atoms with Crippen molar-refractivity contribution in [2.24, 2.45) is 5.73 Å². The van der Waals surface area contributed by atoms with Crippen LogP contribution >= 0.6 is 0 Å². The molecule has 7 heteroatoms. The van der Waals surface area contributed by atoms with E-state index in [1.807, 2.05) is 0 Å². The summed E-state index contributed by atoms with van der Waals surface area (Å²) in [6.07, 6.45) is 1.34. The van der Waals surface area contributed by atoms with Crippen LogP contribution in [0.4, 0.5) is 4.39 Å². The summed E-state index contributed by atoms with van der Waals surface area (Å²) < 4.78 is 45.7. The molecule has 3 N–H and O–H groups in total. The Bertz CT molecular complexity index is 673. The summed E-state index contributed by atoms with van der Waals surface area (Å²) in [6, 6.07) is 3.24. The van der Waals surface area contributed by atoms with Gasteiger partial charge in [0.1, 0.15) is 5.82 Å². The second kappa shape index (κ2) is 6.54. The van der Waals surface area contributed by atoms with E-state index in [2.05, 4.69) is 16.6 Å². The van der Waals surface area contributed by atoms with Crippen molar-refractivity contribution in [1.29, 1.82) is 0 Å². The predicted octanol–water partition coefficient (Wildman–Crippen LogP) is 0.592. The molecule has 21 heavy (non-hydrogen) atoms. The molecule has 1 saturated carbocycles. The summed E-state index contributed by atoms with van der Waals surface area (Å²) >= 11 is 0. The van der Waals surface area contributed by atoms with Gasteiger partial charge in [0.15, 0.2) is 0 Å². The molecular formula is C14H17FN2O3S. The van der Waals surface area contributed by atoms with Gasteiger partial charge in [0.05, 0.1) is 17.5 Å². The molecule has 2 rings (SSSR count). The van der Waals surface area contributed by atoms with E-state index in [0.29, 0.717) is 12.8 Å². The van der Waals surface area contributed by atoms with Crippen molar-refractivity contribution in [2.75, 3.05) is 13.7 Å². The van der Waals surface area contributed by atoms with Gasteiger partial charge >= 0.3 is 0 Å². The third-order valence-corrected chi connectivity index (χ3v) is 4.88. The maximum absolute atomic E-state index is 13.3. The fraction of sp³-hybridized carbons (Fsp3) is 0.429. The lowest BCUT2D eigenvalue weighted by atomic mass is 9.90. The number of nitrogens with one attached hydrogen (secondary N) is 1. The average molecular weight is 312 g/mol. The molecule has 0 bridgehead atoms. The molecule has 1 aromatic carbocycles. The standard InChI is InChI=1S/C14H17FN2O3S/c1-20-13-8-12(9-13)17-21(18,19)14-5-4-11(15)7-10(14)3-2-6-16/h4-5,7,12-13,17H,6,8-9,16H2,1H3. The van der Waals surface area contributed by atoms with Crippen LogP contribution in [-0.4, -0.2) is 34.2 Å². The molecule has 1 aliphatic carbocycles. The molecule has 0 atom stereocenters. The van der Waals surface area contributed by atoms with E-state index < -0.39 is 15.8 Å². The van der Waals surface area contributed by atoms with Crippen LogP contribution in [0.2, 0.25) is 0 Å². The zero-order valence-corrected chi connectivity index (χ0v) is 12.4. The van der Waals surface area contributed by atoms with Crippen molar-refractivity contribution in [3.8, 4) is 11.8 Å². The molecule has 0 aliphatic heterocycles. The summed E-state index contributed by atoms with van der Waals surface area (Å²) in [4.78, 5) is -0.0364. The quantitative estimate of drug-likeness (QED) is 0.798. The monoisotopic (exact) mass is 312 g/mol. The van der Waals surface area contributed by atoms with Gasteiger partial charge < -0.3 is 10.5 Å². The molecule has 0 spiro atoms. The molecule has 0 saturated heterocycles. The zero-order chi connectivity index (χ0) is 15.5. The minimum absolute atomic E-state index is 0.0364. The Kier molecular flexibility index (Phi) is 4.96. The van der Waals surface area contributed by atoms with E-state index in [-0.39, 0.29) is 29.1 Å². The number of nitrogens with two attached hydrogens (primary N) is 1. The normalized spacial score (nSPS) is 21.3. The largest absolute Gasteiger partial charge is 0.381 e. The van der Waals surface area contributed by atoms with Crippen molar-refractivity contribution in [3.05, 3.63) is 29.6 Å². The van der Waals surface area contributed by atoms with Crippen LogP contribution in [0.25, 0.3) is 0 Å². The summed E-state index contributed by atoms with van der Waals surface area (Å²) in [6.45, 7) is 0.0710. The topological polar surface area (TPSA) is 81.4 Å². The van der Waals surface area contributed by atoms with E-state index in [0.717, 1.165) is 12.1 Å². The number of ether oxygens (including phenoxy) is 1. The van der Waals surface area contributed by atoms with E-state index in [1.54, 1.807) is 7.11 Å². The molecule has 0 heterocycles. The number of hydrogen-bond acceptors (Lipinski definition) is 4. The van der Waals surface area contributed by atoms with Crippen LogP contribution in [0.1, 0.15) is 18.4 Å². The average Bonchev–Trinajstić information content (AvgIpc) is 2.39. The van der Waals surface area contributed by atoms with Crippen LogP contribution in [-0.2, 0) is 14.8 Å². The van der Waals surface area contributed by atoms with Crippen LogP contribution in [0.5, 0.6) is 0 Å². The first-order valence-electron chi connectivity index (χ1n) is 6.50. The Morgan fingerprint density at radius 3 is 2.81 bits per heavy atom. The highest BCUT2D eigenvalue weighted by atomic mass is 32.2. The number of sulfonamides is 1. The van der Waals surface area contributed by atoms with Crippen molar-refractivity contribution >= 4 is 10.0 Å². The summed E-state index contributed by atoms with van der Waals surface area (Å²) in [5, 5.41) is 0. The van der Waals surface area contributed by atoms with Crippen molar-refractivity contribution in [1.82, 2.24) is 4.72 Å². The van der Waals surface area contributed by atoms with Gasteiger partial charge in [-0.15, -0.1) is 0 Å². The van der Waals surface area contributed by atoms with Gasteiger partial charge in [-0.1, -0.05) is 11.8 Å². The molecule has 1 aliphatic rings. The minimum Gasteiger partial charge on any atom is -0.381 e. The number of hydrogen-bond donors (Lipinski definition) is 2. The molecule has 0 radical (unpaired) electrons. The second-order valence-electron chi connectivity index (χ2n) is 4.79. The first-order chi connectivity index (χ1) is 9.96. The number of rotatable bonds is 4. The molecule has 1 fully saturated rings. The van der Waals surface area contributed by atoms with Crippen molar-refractivity contribution in [3.63, 3.8) is 0 Å². The highest BCUT2D eigenvalue weighted by Crippen LogP contribution is 2.25. The third-order valence-electron chi connectivity index (χ3n) is 3.31. The summed E-state index contributed by atoms with van der Waals surface area (Å²) in [7, 11) is -2.15.